The largest absolute Gasteiger partial charge is 0.465 e. The third kappa shape index (κ3) is 3.22. The number of sulfone groups is 1. The quantitative estimate of drug-likeness (QED) is 0.789. The Morgan fingerprint density at radius 3 is 2.62 bits per heavy atom. The van der Waals surface area contributed by atoms with Gasteiger partial charge in [0.05, 0.1) is 12.7 Å². The Bertz CT molecular complexity index is 776. The molecule has 0 atom stereocenters. The number of esters is 1. The molecule has 1 aromatic heterocycles. The lowest BCUT2D eigenvalue weighted by molar-refractivity contribution is 0.0594. The van der Waals surface area contributed by atoms with Crippen LogP contribution in [-0.4, -0.2) is 30.9 Å². The van der Waals surface area contributed by atoms with Crippen LogP contribution in [0, 0.1) is 11.6 Å². The molecular weight excluding hydrogens is 326 g/mol. The molecule has 0 amide bonds. The number of carbonyl (C=O) groups is 1. The molecule has 0 aliphatic carbocycles. The van der Waals surface area contributed by atoms with Crippen molar-refractivity contribution < 1.29 is 26.7 Å². The van der Waals surface area contributed by atoms with Crippen LogP contribution in [0.5, 0.6) is 0 Å². The Morgan fingerprint density at radius 1 is 1.33 bits per heavy atom. The van der Waals surface area contributed by atoms with E-state index in [0.717, 1.165) is 25.0 Å². The SMILES string of the molecule is COC(=O)c1cc(F)c(S(=O)(=O)Cc2ncns2)cc1F. The van der Waals surface area contributed by atoms with Crippen molar-refractivity contribution in [2.24, 2.45) is 0 Å². The van der Waals surface area contributed by atoms with Crippen molar-refractivity contribution in [2.75, 3.05) is 7.11 Å². The van der Waals surface area contributed by atoms with Crippen molar-refractivity contribution in [2.45, 2.75) is 10.6 Å². The number of ether oxygens (including phenoxy) is 1. The highest BCUT2D eigenvalue weighted by atomic mass is 32.2. The van der Waals surface area contributed by atoms with Gasteiger partial charge in [-0.15, -0.1) is 0 Å². The topological polar surface area (TPSA) is 86.2 Å². The van der Waals surface area contributed by atoms with Crippen LogP contribution in [0.2, 0.25) is 0 Å². The van der Waals surface area contributed by atoms with Crippen LogP contribution in [-0.2, 0) is 20.3 Å². The summed E-state index contributed by atoms with van der Waals surface area (Å²) in [5.74, 6) is -4.12. The predicted octanol–water partition coefficient (Wildman–Crippen LogP) is 1.58. The van der Waals surface area contributed by atoms with Gasteiger partial charge in [0.25, 0.3) is 0 Å². The first kappa shape index (κ1) is 15.4. The van der Waals surface area contributed by atoms with Gasteiger partial charge in [0, 0.05) is 0 Å². The van der Waals surface area contributed by atoms with E-state index in [9.17, 15) is 22.0 Å². The van der Waals surface area contributed by atoms with E-state index in [1.165, 1.54) is 0 Å². The lowest BCUT2D eigenvalue weighted by atomic mass is 10.2. The molecule has 2 aromatic rings. The second kappa shape index (κ2) is 5.82. The molecule has 10 heteroatoms. The highest BCUT2D eigenvalue weighted by Crippen LogP contribution is 2.23. The van der Waals surface area contributed by atoms with E-state index < -0.39 is 43.7 Å². The van der Waals surface area contributed by atoms with Crippen LogP contribution in [0.3, 0.4) is 0 Å². The molecule has 0 unspecified atom stereocenters. The predicted molar refractivity (Wildman–Crippen MR) is 68.5 cm³/mol. The summed E-state index contributed by atoms with van der Waals surface area (Å²) in [6.45, 7) is 0. The van der Waals surface area contributed by atoms with Gasteiger partial charge in [0.15, 0.2) is 9.84 Å². The molecule has 0 saturated carbocycles. The van der Waals surface area contributed by atoms with E-state index in [4.69, 9.17) is 0 Å². The Morgan fingerprint density at radius 2 is 2.05 bits per heavy atom. The second-order valence-corrected chi connectivity index (χ2v) is 6.67. The number of benzene rings is 1. The summed E-state index contributed by atoms with van der Waals surface area (Å²) < 4.78 is 59.6. The van der Waals surface area contributed by atoms with Crippen LogP contribution in [0.1, 0.15) is 15.4 Å². The number of hydrogen-bond acceptors (Lipinski definition) is 7. The van der Waals surface area contributed by atoms with E-state index in [0.29, 0.717) is 12.1 Å². The highest BCUT2D eigenvalue weighted by Gasteiger charge is 2.25. The van der Waals surface area contributed by atoms with Gasteiger partial charge in [-0.2, -0.15) is 4.37 Å². The Balaban J connectivity index is 2.45. The monoisotopic (exact) mass is 334 g/mol. The third-order valence-corrected chi connectivity index (χ3v) is 4.96. The van der Waals surface area contributed by atoms with E-state index in [-0.39, 0.29) is 5.01 Å². The minimum atomic E-state index is -4.14. The third-order valence-electron chi connectivity index (χ3n) is 2.48. The molecular formula is C11H8F2N2O4S2. The molecule has 0 spiro atoms. The second-order valence-electron chi connectivity index (χ2n) is 3.85. The van der Waals surface area contributed by atoms with Crippen molar-refractivity contribution in [3.8, 4) is 0 Å². The number of hydrogen-bond donors (Lipinski definition) is 0. The van der Waals surface area contributed by atoms with E-state index in [1.54, 1.807) is 0 Å². The van der Waals surface area contributed by atoms with Crippen molar-refractivity contribution in [1.29, 1.82) is 0 Å². The van der Waals surface area contributed by atoms with Gasteiger partial charge in [-0.05, 0) is 23.7 Å². The molecule has 2 rings (SSSR count). The summed E-state index contributed by atoms with van der Waals surface area (Å²) in [5.41, 5.74) is -0.676. The smallest absolute Gasteiger partial charge is 0.340 e. The first-order chi connectivity index (χ1) is 9.85. The van der Waals surface area contributed by atoms with Crippen molar-refractivity contribution in [3.05, 3.63) is 40.7 Å². The summed E-state index contributed by atoms with van der Waals surface area (Å²) >= 11 is 0.836. The molecule has 1 aromatic carbocycles. The normalized spacial score (nSPS) is 11.4. The standard InChI is InChI=1S/C11H8F2N2O4S2/c1-19-11(16)6-2-8(13)9(3-7(6)12)21(17,18)4-10-14-5-15-20-10/h2-3,5H,4H2,1H3. The first-order valence-electron chi connectivity index (χ1n) is 5.41. The van der Waals surface area contributed by atoms with Gasteiger partial charge in [0.2, 0.25) is 0 Å². The molecule has 0 radical (unpaired) electrons. The fourth-order valence-corrected chi connectivity index (χ4v) is 3.71. The zero-order valence-corrected chi connectivity index (χ0v) is 12.2. The van der Waals surface area contributed by atoms with Gasteiger partial charge in [-0.25, -0.2) is 27.0 Å². The lowest BCUT2D eigenvalue weighted by Gasteiger charge is -2.07. The van der Waals surface area contributed by atoms with Crippen LogP contribution in [0.15, 0.2) is 23.4 Å². The van der Waals surface area contributed by atoms with Crippen molar-refractivity contribution >= 4 is 27.3 Å². The summed E-state index contributed by atoms with van der Waals surface area (Å²) in [7, 11) is -3.14. The molecule has 0 aliphatic rings. The summed E-state index contributed by atoms with van der Waals surface area (Å²) in [5, 5.41) is 0.145. The number of methoxy groups -OCH3 is 1. The van der Waals surface area contributed by atoms with Gasteiger partial charge < -0.3 is 4.74 Å². The van der Waals surface area contributed by atoms with Gasteiger partial charge >= 0.3 is 5.97 Å². The Hall–Kier alpha value is -1.94. The minimum absolute atomic E-state index is 0.145. The number of aromatic nitrogens is 2. The number of rotatable bonds is 4. The van der Waals surface area contributed by atoms with E-state index in [2.05, 4.69) is 14.1 Å². The molecule has 112 valence electrons. The summed E-state index contributed by atoms with van der Waals surface area (Å²) in [4.78, 5) is 14.0. The fourth-order valence-electron chi connectivity index (χ4n) is 1.53. The number of carbonyl (C=O) groups excluding carboxylic acids is 1. The molecule has 6 nitrogen and oxygen atoms in total. The van der Waals surface area contributed by atoms with Gasteiger partial charge in [-0.3, -0.25) is 0 Å². The molecule has 0 aliphatic heterocycles. The van der Waals surface area contributed by atoms with Crippen molar-refractivity contribution in [1.82, 2.24) is 9.36 Å². The maximum atomic E-state index is 13.9. The average molecular weight is 334 g/mol. The molecule has 1 heterocycles. The zero-order valence-electron chi connectivity index (χ0n) is 10.5. The minimum Gasteiger partial charge on any atom is -0.465 e. The highest BCUT2D eigenvalue weighted by molar-refractivity contribution is 7.90. The molecule has 0 fully saturated rings. The van der Waals surface area contributed by atoms with Crippen LogP contribution in [0.25, 0.3) is 0 Å². The molecule has 0 bridgehead atoms. The summed E-state index contributed by atoms with van der Waals surface area (Å²) in [6.07, 6.45) is 1.16. The lowest BCUT2D eigenvalue weighted by Crippen LogP contribution is -2.11. The van der Waals surface area contributed by atoms with Gasteiger partial charge in [0.1, 0.15) is 33.6 Å². The van der Waals surface area contributed by atoms with Crippen LogP contribution >= 0.6 is 11.5 Å². The van der Waals surface area contributed by atoms with E-state index in [1.807, 2.05) is 0 Å². The van der Waals surface area contributed by atoms with Crippen LogP contribution < -0.4 is 0 Å². The number of halogens is 2. The fraction of sp³-hybridized carbons (Fsp3) is 0.182. The molecule has 21 heavy (non-hydrogen) atoms. The van der Waals surface area contributed by atoms with Crippen molar-refractivity contribution in [3.63, 3.8) is 0 Å². The number of nitrogens with zero attached hydrogens (tertiary/aromatic N) is 2. The maximum absolute atomic E-state index is 13.9. The average Bonchev–Trinajstić information content (AvgIpc) is 2.92. The summed E-state index contributed by atoms with van der Waals surface area (Å²) in [6, 6.07) is 0.951. The van der Waals surface area contributed by atoms with Crippen LogP contribution in [0.4, 0.5) is 8.78 Å². The van der Waals surface area contributed by atoms with E-state index >= 15 is 0 Å². The zero-order chi connectivity index (χ0) is 15.6. The molecule has 0 N–H and O–H groups in total. The van der Waals surface area contributed by atoms with Gasteiger partial charge in [-0.1, -0.05) is 0 Å². The maximum Gasteiger partial charge on any atom is 0.340 e. The Labute approximate surface area is 122 Å². The Kier molecular flexibility index (Phi) is 4.28. The first-order valence-corrected chi connectivity index (χ1v) is 7.83. The molecule has 0 saturated heterocycles.